The number of aryl methyl sites for hydroxylation is 2. The number of pyridine rings is 1. The van der Waals surface area contributed by atoms with Crippen molar-refractivity contribution in [1.29, 1.82) is 0 Å². The van der Waals surface area contributed by atoms with Crippen molar-refractivity contribution in [2.45, 2.75) is 27.3 Å². The standard InChI is InChI=1S/C18H19N3O2/c1-11-9-19-15(12(2)17(11)23-4)10-21-16-8-6-5-7-14(16)20-13(3)18(21)22/h5-9H,10H2,1-4H3. The lowest BCUT2D eigenvalue weighted by atomic mass is 10.1. The predicted molar refractivity (Wildman–Crippen MR) is 90.1 cm³/mol. The number of rotatable bonds is 3. The number of ether oxygens (including phenoxy) is 1. The fourth-order valence-corrected chi connectivity index (χ4v) is 2.86. The van der Waals surface area contributed by atoms with Gasteiger partial charge in [0.1, 0.15) is 11.4 Å². The van der Waals surface area contributed by atoms with Crippen LogP contribution < -0.4 is 10.3 Å². The molecule has 118 valence electrons. The number of nitrogens with zero attached hydrogens (tertiary/aromatic N) is 3. The van der Waals surface area contributed by atoms with Gasteiger partial charge in [-0.15, -0.1) is 0 Å². The van der Waals surface area contributed by atoms with Crippen molar-refractivity contribution >= 4 is 11.0 Å². The second kappa shape index (κ2) is 5.83. The maximum atomic E-state index is 12.6. The minimum atomic E-state index is -0.0931. The van der Waals surface area contributed by atoms with Crippen LogP contribution in [0.15, 0.2) is 35.3 Å². The lowest BCUT2D eigenvalue weighted by Gasteiger charge is -2.15. The van der Waals surface area contributed by atoms with E-state index in [4.69, 9.17) is 4.74 Å². The van der Waals surface area contributed by atoms with E-state index in [0.717, 1.165) is 33.6 Å². The minimum Gasteiger partial charge on any atom is -0.496 e. The van der Waals surface area contributed by atoms with E-state index in [0.29, 0.717) is 12.2 Å². The molecule has 0 bridgehead atoms. The highest BCUT2D eigenvalue weighted by atomic mass is 16.5. The highest BCUT2D eigenvalue weighted by molar-refractivity contribution is 5.74. The molecule has 0 radical (unpaired) electrons. The largest absolute Gasteiger partial charge is 0.496 e. The number of benzene rings is 1. The Labute approximate surface area is 134 Å². The molecule has 23 heavy (non-hydrogen) atoms. The molecule has 0 saturated heterocycles. The molecule has 3 aromatic rings. The molecule has 5 nitrogen and oxygen atoms in total. The Bertz CT molecular complexity index is 945. The van der Waals surface area contributed by atoms with Gasteiger partial charge in [-0.05, 0) is 32.9 Å². The summed E-state index contributed by atoms with van der Waals surface area (Å²) in [5.41, 5.74) is 4.77. The fourth-order valence-electron chi connectivity index (χ4n) is 2.86. The van der Waals surface area contributed by atoms with Crippen LogP contribution in [-0.2, 0) is 6.54 Å². The molecule has 0 aliphatic rings. The van der Waals surface area contributed by atoms with Crippen LogP contribution in [0.3, 0.4) is 0 Å². The van der Waals surface area contributed by atoms with Crippen molar-refractivity contribution < 1.29 is 4.74 Å². The van der Waals surface area contributed by atoms with Gasteiger partial charge in [0, 0.05) is 17.3 Å². The summed E-state index contributed by atoms with van der Waals surface area (Å²) < 4.78 is 7.18. The molecule has 3 rings (SSSR count). The molecule has 0 amide bonds. The van der Waals surface area contributed by atoms with Crippen LogP contribution in [0.5, 0.6) is 5.75 Å². The Kier molecular flexibility index (Phi) is 3.86. The summed E-state index contributed by atoms with van der Waals surface area (Å²) >= 11 is 0. The van der Waals surface area contributed by atoms with Gasteiger partial charge in [0.2, 0.25) is 0 Å². The van der Waals surface area contributed by atoms with Gasteiger partial charge in [0.25, 0.3) is 5.56 Å². The third-order valence-corrected chi connectivity index (χ3v) is 4.07. The van der Waals surface area contributed by atoms with E-state index >= 15 is 0 Å². The van der Waals surface area contributed by atoms with Gasteiger partial charge in [-0.25, -0.2) is 4.98 Å². The third-order valence-electron chi connectivity index (χ3n) is 4.07. The molecule has 0 N–H and O–H groups in total. The van der Waals surface area contributed by atoms with Crippen LogP contribution in [0.4, 0.5) is 0 Å². The Morgan fingerprint density at radius 3 is 2.65 bits per heavy atom. The lowest BCUT2D eigenvalue weighted by Crippen LogP contribution is -2.25. The van der Waals surface area contributed by atoms with Gasteiger partial charge < -0.3 is 4.74 Å². The molecule has 0 unspecified atom stereocenters. The van der Waals surface area contributed by atoms with E-state index in [1.165, 1.54) is 0 Å². The average Bonchev–Trinajstić information content (AvgIpc) is 2.54. The van der Waals surface area contributed by atoms with Gasteiger partial charge in [-0.3, -0.25) is 14.3 Å². The molecule has 0 atom stereocenters. The molecule has 2 heterocycles. The number of para-hydroxylation sites is 2. The second-order valence-electron chi connectivity index (χ2n) is 5.62. The fraction of sp³-hybridized carbons (Fsp3) is 0.278. The number of aromatic nitrogens is 3. The van der Waals surface area contributed by atoms with E-state index < -0.39 is 0 Å². The summed E-state index contributed by atoms with van der Waals surface area (Å²) in [6.45, 7) is 6.06. The molecule has 2 aromatic heterocycles. The van der Waals surface area contributed by atoms with E-state index in [2.05, 4.69) is 9.97 Å². The SMILES string of the molecule is COc1c(C)cnc(Cn2c(=O)c(C)nc3ccccc32)c1C. The monoisotopic (exact) mass is 309 g/mol. The lowest BCUT2D eigenvalue weighted by molar-refractivity contribution is 0.406. The average molecular weight is 309 g/mol. The number of fused-ring (bicyclic) bond motifs is 1. The summed E-state index contributed by atoms with van der Waals surface area (Å²) in [5, 5.41) is 0. The van der Waals surface area contributed by atoms with E-state index in [1.807, 2.05) is 38.1 Å². The maximum Gasteiger partial charge on any atom is 0.272 e. The summed E-state index contributed by atoms with van der Waals surface area (Å²) in [7, 11) is 1.65. The van der Waals surface area contributed by atoms with Crippen molar-refractivity contribution in [1.82, 2.24) is 14.5 Å². The van der Waals surface area contributed by atoms with Crippen molar-refractivity contribution in [3.8, 4) is 5.75 Å². The summed E-state index contributed by atoms with van der Waals surface area (Å²) in [6, 6.07) is 7.64. The predicted octanol–water partition coefficient (Wildman–Crippen LogP) is 2.77. The normalized spacial score (nSPS) is 11.0. The zero-order chi connectivity index (χ0) is 16.6. The van der Waals surface area contributed by atoms with E-state index in [9.17, 15) is 4.79 Å². The van der Waals surface area contributed by atoms with Crippen LogP contribution in [0.25, 0.3) is 11.0 Å². The highest BCUT2D eigenvalue weighted by Crippen LogP contribution is 2.24. The van der Waals surface area contributed by atoms with Crippen LogP contribution in [0, 0.1) is 20.8 Å². The Morgan fingerprint density at radius 1 is 1.17 bits per heavy atom. The van der Waals surface area contributed by atoms with Crippen LogP contribution >= 0.6 is 0 Å². The molecule has 0 spiro atoms. The Morgan fingerprint density at radius 2 is 1.91 bits per heavy atom. The number of methoxy groups -OCH3 is 1. The summed E-state index contributed by atoms with van der Waals surface area (Å²) in [4.78, 5) is 21.4. The maximum absolute atomic E-state index is 12.6. The molecular formula is C18H19N3O2. The Balaban J connectivity index is 2.20. The van der Waals surface area contributed by atoms with Crippen molar-refractivity contribution in [3.63, 3.8) is 0 Å². The summed E-state index contributed by atoms with van der Waals surface area (Å²) in [6.07, 6.45) is 1.78. The number of hydrogen-bond donors (Lipinski definition) is 0. The molecule has 5 heteroatoms. The second-order valence-corrected chi connectivity index (χ2v) is 5.62. The molecule has 0 aliphatic carbocycles. The van der Waals surface area contributed by atoms with Crippen molar-refractivity contribution in [3.05, 3.63) is 63.3 Å². The smallest absolute Gasteiger partial charge is 0.272 e. The zero-order valence-electron chi connectivity index (χ0n) is 13.8. The van der Waals surface area contributed by atoms with Gasteiger partial charge in [0.15, 0.2) is 0 Å². The molecule has 0 saturated carbocycles. The number of hydrogen-bond acceptors (Lipinski definition) is 4. The molecule has 1 aromatic carbocycles. The quantitative estimate of drug-likeness (QED) is 0.746. The first-order valence-corrected chi connectivity index (χ1v) is 7.48. The molecule has 0 fully saturated rings. The van der Waals surface area contributed by atoms with Crippen LogP contribution in [0.1, 0.15) is 22.5 Å². The topological polar surface area (TPSA) is 57.0 Å². The van der Waals surface area contributed by atoms with Crippen LogP contribution in [-0.4, -0.2) is 21.6 Å². The van der Waals surface area contributed by atoms with E-state index in [-0.39, 0.29) is 5.56 Å². The van der Waals surface area contributed by atoms with Crippen molar-refractivity contribution in [2.75, 3.05) is 7.11 Å². The first kappa shape index (κ1) is 15.2. The third kappa shape index (κ3) is 2.59. The zero-order valence-corrected chi connectivity index (χ0v) is 13.8. The highest BCUT2D eigenvalue weighted by Gasteiger charge is 2.13. The molecule has 0 aliphatic heterocycles. The van der Waals surface area contributed by atoms with Gasteiger partial charge >= 0.3 is 0 Å². The summed E-state index contributed by atoms with van der Waals surface area (Å²) in [5.74, 6) is 0.818. The van der Waals surface area contributed by atoms with Crippen molar-refractivity contribution in [2.24, 2.45) is 0 Å². The first-order chi connectivity index (χ1) is 11.0. The minimum absolute atomic E-state index is 0.0931. The first-order valence-electron chi connectivity index (χ1n) is 7.48. The van der Waals surface area contributed by atoms with Crippen LogP contribution in [0.2, 0.25) is 0 Å². The Hall–Kier alpha value is -2.69. The van der Waals surface area contributed by atoms with Gasteiger partial charge in [-0.1, -0.05) is 12.1 Å². The van der Waals surface area contributed by atoms with E-state index in [1.54, 1.807) is 24.8 Å². The molecular weight excluding hydrogens is 290 g/mol. The van der Waals surface area contributed by atoms with Gasteiger partial charge in [-0.2, -0.15) is 0 Å². The van der Waals surface area contributed by atoms with Gasteiger partial charge in [0.05, 0.1) is 30.4 Å².